The predicted octanol–water partition coefficient (Wildman–Crippen LogP) is 4.19. The number of hydrogen-bond acceptors (Lipinski definition) is 5. The third kappa shape index (κ3) is 5.12. The molecule has 4 rings (SSSR count). The molecular weight excluding hydrogens is 372 g/mol. The van der Waals surface area contributed by atoms with Crippen molar-refractivity contribution in [3.8, 4) is 0 Å². The molecule has 0 bridgehead atoms. The fourth-order valence-electron chi connectivity index (χ4n) is 3.74. The van der Waals surface area contributed by atoms with Gasteiger partial charge >= 0.3 is 6.01 Å². The van der Waals surface area contributed by atoms with E-state index in [0.717, 1.165) is 32.4 Å². The number of nitrogens with zero attached hydrogens (tertiary/aromatic N) is 3. The highest BCUT2D eigenvalue weighted by atomic mass is 35.5. The number of rotatable bonds is 6. The molecule has 0 saturated carbocycles. The summed E-state index contributed by atoms with van der Waals surface area (Å²) in [5.74, 6) is 1.23. The van der Waals surface area contributed by atoms with Crippen molar-refractivity contribution in [2.45, 2.75) is 31.7 Å². The molecule has 28 heavy (non-hydrogen) atoms. The Hall–Kier alpha value is -2.37. The molecule has 1 saturated heterocycles. The van der Waals surface area contributed by atoms with E-state index < -0.39 is 0 Å². The van der Waals surface area contributed by atoms with Crippen molar-refractivity contribution < 1.29 is 4.42 Å². The summed E-state index contributed by atoms with van der Waals surface area (Å²) in [6.45, 7) is 1.90. The first-order chi connectivity index (χ1) is 13.3. The Balaban J connectivity index is 0.00000225. The van der Waals surface area contributed by atoms with Crippen molar-refractivity contribution in [1.82, 2.24) is 10.2 Å². The molecule has 1 aromatic heterocycles. The Bertz CT molecular complexity index is 832. The van der Waals surface area contributed by atoms with Gasteiger partial charge in [0.2, 0.25) is 5.89 Å². The Morgan fingerprint density at radius 1 is 0.929 bits per heavy atom. The van der Waals surface area contributed by atoms with E-state index >= 15 is 0 Å². The molecule has 1 aliphatic rings. The Morgan fingerprint density at radius 2 is 1.54 bits per heavy atom. The van der Waals surface area contributed by atoms with Crippen LogP contribution in [0.1, 0.15) is 35.9 Å². The topological polar surface area (TPSA) is 68.2 Å². The summed E-state index contributed by atoms with van der Waals surface area (Å²) in [6, 6.07) is 21.2. The largest absolute Gasteiger partial charge is 0.406 e. The fourth-order valence-corrected chi connectivity index (χ4v) is 3.74. The van der Waals surface area contributed by atoms with Crippen LogP contribution in [-0.2, 0) is 12.8 Å². The predicted molar refractivity (Wildman–Crippen MR) is 114 cm³/mol. The zero-order valence-electron chi connectivity index (χ0n) is 15.9. The minimum absolute atomic E-state index is 0. The number of halogens is 1. The molecule has 0 amide bonds. The first kappa shape index (κ1) is 20.4. The first-order valence-electron chi connectivity index (χ1n) is 9.69. The normalized spacial score (nSPS) is 15.8. The summed E-state index contributed by atoms with van der Waals surface area (Å²) in [7, 11) is 0. The standard InChI is InChI=1S/C22H26N4O.ClH/c23-20(16-18-9-5-2-6-10-18)21-24-25-22(27-21)26-13-11-19(12-14-26)15-17-7-3-1-4-8-17;/h1-10,19-20H,11-16,23H2;1H/t20-;/m1./s1. The molecule has 2 aromatic carbocycles. The maximum absolute atomic E-state index is 6.26. The van der Waals surface area contributed by atoms with E-state index in [1.807, 2.05) is 18.2 Å². The van der Waals surface area contributed by atoms with Crippen LogP contribution in [0.3, 0.4) is 0 Å². The third-order valence-corrected chi connectivity index (χ3v) is 5.30. The van der Waals surface area contributed by atoms with Gasteiger partial charge in [-0.1, -0.05) is 65.8 Å². The highest BCUT2D eigenvalue weighted by Gasteiger charge is 2.24. The van der Waals surface area contributed by atoms with Crippen molar-refractivity contribution in [1.29, 1.82) is 0 Å². The molecule has 2 N–H and O–H groups in total. The maximum Gasteiger partial charge on any atom is 0.318 e. The van der Waals surface area contributed by atoms with Crippen molar-refractivity contribution in [2.75, 3.05) is 18.0 Å². The van der Waals surface area contributed by atoms with Crippen LogP contribution in [0.25, 0.3) is 0 Å². The first-order valence-corrected chi connectivity index (χ1v) is 9.69. The second kappa shape index (κ2) is 9.71. The second-order valence-corrected chi connectivity index (χ2v) is 7.34. The van der Waals surface area contributed by atoms with Gasteiger partial charge in [0.05, 0.1) is 6.04 Å². The lowest BCUT2D eigenvalue weighted by molar-refractivity contribution is 0.376. The van der Waals surface area contributed by atoms with Crippen molar-refractivity contribution in [3.05, 3.63) is 77.7 Å². The third-order valence-electron chi connectivity index (χ3n) is 5.30. The monoisotopic (exact) mass is 398 g/mol. The molecule has 148 valence electrons. The average Bonchev–Trinajstić information content (AvgIpc) is 3.21. The Morgan fingerprint density at radius 3 is 2.18 bits per heavy atom. The van der Waals surface area contributed by atoms with Crippen LogP contribution >= 0.6 is 12.4 Å². The van der Waals surface area contributed by atoms with Crippen molar-refractivity contribution >= 4 is 18.4 Å². The number of anilines is 1. The minimum Gasteiger partial charge on any atom is -0.406 e. The van der Waals surface area contributed by atoms with Crippen molar-refractivity contribution in [2.24, 2.45) is 11.7 Å². The van der Waals surface area contributed by atoms with E-state index in [1.165, 1.54) is 11.1 Å². The second-order valence-electron chi connectivity index (χ2n) is 7.34. The molecule has 0 aliphatic carbocycles. The smallest absolute Gasteiger partial charge is 0.318 e. The fraction of sp³-hybridized carbons (Fsp3) is 0.364. The van der Waals surface area contributed by atoms with Gasteiger partial charge in [-0.2, -0.15) is 0 Å². The molecule has 5 nitrogen and oxygen atoms in total. The summed E-state index contributed by atoms with van der Waals surface area (Å²) < 4.78 is 5.89. The summed E-state index contributed by atoms with van der Waals surface area (Å²) >= 11 is 0. The van der Waals surface area contributed by atoms with Gasteiger partial charge in [0.15, 0.2) is 0 Å². The molecule has 1 aliphatic heterocycles. The van der Waals surface area contributed by atoms with E-state index in [9.17, 15) is 0 Å². The van der Waals surface area contributed by atoms with E-state index in [0.29, 0.717) is 24.2 Å². The van der Waals surface area contributed by atoms with Gasteiger partial charge in [0.1, 0.15) is 0 Å². The number of hydrogen-bond donors (Lipinski definition) is 1. The van der Waals surface area contributed by atoms with Crippen LogP contribution in [0, 0.1) is 5.92 Å². The van der Waals surface area contributed by atoms with Gasteiger partial charge in [0, 0.05) is 13.1 Å². The van der Waals surface area contributed by atoms with Crippen LogP contribution in [0.15, 0.2) is 65.1 Å². The van der Waals surface area contributed by atoms with Gasteiger partial charge in [-0.25, -0.2) is 0 Å². The molecule has 0 spiro atoms. The van der Waals surface area contributed by atoms with E-state index in [-0.39, 0.29) is 18.4 Å². The van der Waals surface area contributed by atoms with Gasteiger partial charge < -0.3 is 15.1 Å². The van der Waals surface area contributed by atoms with E-state index in [4.69, 9.17) is 10.2 Å². The zero-order chi connectivity index (χ0) is 18.5. The molecule has 1 fully saturated rings. The molecule has 3 aromatic rings. The number of piperidine rings is 1. The highest BCUT2D eigenvalue weighted by Crippen LogP contribution is 2.26. The van der Waals surface area contributed by atoms with Crippen molar-refractivity contribution in [3.63, 3.8) is 0 Å². The SMILES string of the molecule is Cl.N[C@H](Cc1ccccc1)c1nnc(N2CCC(Cc3ccccc3)CC2)o1. The number of nitrogens with two attached hydrogens (primary N) is 1. The summed E-state index contributed by atoms with van der Waals surface area (Å²) in [5.41, 5.74) is 8.86. The minimum atomic E-state index is -0.274. The van der Waals surface area contributed by atoms with Gasteiger partial charge in [0.25, 0.3) is 0 Å². The highest BCUT2D eigenvalue weighted by molar-refractivity contribution is 5.85. The molecule has 2 heterocycles. The van der Waals surface area contributed by atoms with Gasteiger partial charge in [-0.3, -0.25) is 0 Å². The Labute approximate surface area is 172 Å². The van der Waals surface area contributed by atoms with Crippen LogP contribution < -0.4 is 10.6 Å². The number of aromatic nitrogens is 2. The average molecular weight is 399 g/mol. The quantitative estimate of drug-likeness (QED) is 0.674. The van der Waals surface area contributed by atoms with Crippen LogP contribution in [0.5, 0.6) is 0 Å². The lowest BCUT2D eigenvalue weighted by atomic mass is 9.90. The molecular formula is C22H27ClN4O. The van der Waals surface area contributed by atoms with Crippen LogP contribution in [0.4, 0.5) is 6.01 Å². The summed E-state index contributed by atoms with van der Waals surface area (Å²) in [5, 5.41) is 8.43. The summed E-state index contributed by atoms with van der Waals surface area (Å²) in [6.07, 6.45) is 4.12. The maximum atomic E-state index is 6.26. The van der Waals surface area contributed by atoms with E-state index in [1.54, 1.807) is 0 Å². The van der Waals surface area contributed by atoms with Crippen LogP contribution in [0.2, 0.25) is 0 Å². The lowest BCUT2D eigenvalue weighted by Crippen LogP contribution is -2.34. The molecule has 6 heteroatoms. The van der Waals surface area contributed by atoms with Crippen LogP contribution in [-0.4, -0.2) is 23.3 Å². The molecule has 1 atom stereocenters. The summed E-state index contributed by atoms with van der Waals surface area (Å²) in [4.78, 5) is 2.19. The van der Waals surface area contributed by atoms with Gasteiger partial charge in [-0.15, -0.1) is 17.5 Å². The van der Waals surface area contributed by atoms with E-state index in [2.05, 4.69) is 57.6 Å². The molecule has 0 unspecified atom stereocenters. The zero-order valence-corrected chi connectivity index (χ0v) is 16.7. The molecule has 0 radical (unpaired) electrons. The number of benzene rings is 2. The Kier molecular flexibility index (Phi) is 7.06. The van der Waals surface area contributed by atoms with Gasteiger partial charge in [-0.05, 0) is 42.7 Å². The lowest BCUT2D eigenvalue weighted by Gasteiger charge is -2.30.